The number of methoxy groups -OCH3 is 1. The molecule has 0 saturated heterocycles. The predicted molar refractivity (Wildman–Crippen MR) is 126 cm³/mol. The third kappa shape index (κ3) is 4.97. The molecule has 8 heteroatoms. The van der Waals surface area contributed by atoms with Crippen molar-refractivity contribution < 1.29 is 14.3 Å². The molecule has 0 unspecified atom stereocenters. The first-order valence-corrected chi connectivity index (χ1v) is 10.8. The van der Waals surface area contributed by atoms with Crippen LogP contribution in [0.25, 0.3) is 16.6 Å². The Kier molecular flexibility index (Phi) is 7.62. The zero-order valence-corrected chi connectivity index (χ0v) is 18.5. The predicted octanol–water partition coefficient (Wildman–Crippen LogP) is 3.47. The van der Waals surface area contributed by atoms with Gasteiger partial charge in [0.1, 0.15) is 0 Å². The van der Waals surface area contributed by atoms with Gasteiger partial charge in [0.25, 0.3) is 5.56 Å². The van der Waals surface area contributed by atoms with Crippen molar-refractivity contribution in [2.75, 3.05) is 26.0 Å². The summed E-state index contributed by atoms with van der Waals surface area (Å²) in [4.78, 5) is 44.2. The van der Waals surface area contributed by atoms with Gasteiger partial charge in [0.15, 0.2) is 5.16 Å². The fourth-order valence-electron chi connectivity index (χ4n) is 3.12. The van der Waals surface area contributed by atoms with Crippen molar-refractivity contribution in [3.05, 3.63) is 89.8 Å². The lowest BCUT2D eigenvalue weighted by Crippen LogP contribution is -2.33. The number of hydrogen-bond donors (Lipinski definition) is 0. The summed E-state index contributed by atoms with van der Waals surface area (Å²) >= 11 is 1.15. The van der Waals surface area contributed by atoms with Crippen LogP contribution in [0.3, 0.4) is 0 Å². The average Bonchev–Trinajstić information content (AvgIpc) is 2.82. The molecule has 3 aromatic rings. The van der Waals surface area contributed by atoms with Crippen LogP contribution in [0.15, 0.2) is 83.8 Å². The summed E-state index contributed by atoms with van der Waals surface area (Å²) in [6.07, 6.45) is 3.29. The largest absolute Gasteiger partial charge is 0.465 e. The minimum Gasteiger partial charge on any atom is -0.465 e. The Morgan fingerprint density at radius 1 is 1.12 bits per heavy atom. The molecule has 1 aromatic heterocycles. The van der Waals surface area contributed by atoms with E-state index in [1.54, 1.807) is 35.3 Å². The molecule has 0 aliphatic carbocycles. The molecular formula is C24H23N3O4S. The molecule has 1 heterocycles. The van der Waals surface area contributed by atoms with Gasteiger partial charge in [-0.3, -0.25) is 14.2 Å². The number of hydrogen-bond acceptors (Lipinski definition) is 6. The van der Waals surface area contributed by atoms with Crippen LogP contribution in [-0.2, 0) is 9.53 Å². The molecule has 0 fully saturated rings. The maximum atomic E-state index is 13.4. The number of para-hydroxylation sites is 1. The fraction of sp³-hybridized carbons (Fsp3) is 0.167. The van der Waals surface area contributed by atoms with Crippen LogP contribution < -0.4 is 5.56 Å². The van der Waals surface area contributed by atoms with Crippen molar-refractivity contribution in [1.29, 1.82) is 0 Å². The lowest BCUT2D eigenvalue weighted by atomic mass is 10.1. The molecule has 32 heavy (non-hydrogen) atoms. The van der Waals surface area contributed by atoms with E-state index in [2.05, 4.69) is 18.1 Å². The molecule has 3 rings (SSSR count). The van der Waals surface area contributed by atoms with E-state index >= 15 is 0 Å². The summed E-state index contributed by atoms with van der Waals surface area (Å²) in [5.41, 5.74) is 0.989. The van der Waals surface area contributed by atoms with Gasteiger partial charge >= 0.3 is 5.97 Å². The van der Waals surface area contributed by atoms with Crippen molar-refractivity contribution in [3.8, 4) is 5.69 Å². The molecule has 7 nitrogen and oxygen atoms in total. The molecule has 0 N–H and O–H groups in total. The van der Waals surface area contributed by atoms with Gasteiger partial charge in [-0.25, -0.2) is 9.78 Å². The molecule has 0 aliphatic heterocycles. The van der Waals surface area contributed by atoms with Crippen LogP contribution in [-0.4, -0.2) is 52.3 Å². The highest BCUT2D eigenvalue weighted by Gasteiger charge is 2.18. The second-order valence-corrected chi connectivity index (χ2v) is 7.70. The number of thioether (sulfide) groups is 1. The van der Waals surface area contributed by atoms with Crippen LogP contribution in [0.4, 0.5) is 0 Å². The van der Waals surface area contributed by atoms with Crippen LogP contribution in [0.1, 0.15) is 10.4 Å². The Hall–Kier alpha value is -3.65. The molecule has 2 aromatic carbocycles. The van der Waals surface area contributed by atoms with Crippen molar-refractivity contribution >= 4 is 34.5 Å². The Morgan fingerprint density at radius 2 is 1.81 bits per heavy atom. The molecule has 0 spiro atoms. The number of nitrogens with zero attached hydrogens (tertiary/aromatic N) is 3. The van der Waals surface area contributed by atoms with E-state index in [1.165, 1.54) is 23.8 Å². The van der Waals surface area contributed by atoms with Gasteiger partial charge in [0, 0.05) is 13.1 Å². The molecule has 0 bridgehead atoms. The number of benzene rings is 2. The normalized spacial score (nSPS) is 10.5. The SMILES string of the molecule is C=CCN(CC=C)C(=O)CSc1nc2cc(C(=O)OC)ccc2c(=O)n1-c1ccccc1. The standard InChI is InChI=1S/C24H23N3O4S/c1-4-13-26(14-5-2)21(28)16-32-24-25-20-15-17(23(30)31-3)11-12-19(20)22(29)27(24)18-9-7-6-8-10-18/h4-12,15H,1-2,13-14,16H2,3H3. The lowest BCUT2D eigenvalue weighted by molar-refractivity contribution is -0.127. The first-order chi connectivity index (χ1) is 15.5. The van der Waals surface area contributed by atoms with E-state index in [-0.39, 0.29) is 17.2 Å². The Bertz CT molecular complexity index is 1210. The van der Waals surface area contributed by atoms with Gasteiger partial charge in [0.05, 0.1) is 35.0 Å². The Labute approximate surface area is 190 Å². The molecule has 0 atom stereocenters. The number of amides is 1. The third-order valence-electron chi connectivity index (χ3n) is 4.65. The molecule has 1 amide bonds. The van der Waals surface area contributed by atoms with Crippen LogP contribution in [0, 0.1) is 0 Å². The fourth-order valence-corrected chi connectivity index (χ4v) is 4.03. The number of fused-ring (bicyclic) bond motifs is 1. The Balaban J connectivity index is 2.08. The average molecular weight is 450 g/mol. The van der Waals surface area contributed by atoms with E-state index in [9.17, 15) is 14.4 Å². The number of aromatic nitrogens is 2. The second kappa shape index (κ2) is 10.6. The summed E-state index contributed by atoms with van der Waals surface area (Å²) in [6, 6.07) is 13.7. The zero-order chi connectivity index (χ0) is 23.1. The number of ether oxygens (including phenoxy) is 1. The van der Waals surface area contributed by atoms with Gasteiger partial charge in [-0.15, -0.1) is 13.2 Å². The van der Waals surface area contributed by atoms with Crippen molar-refractivity contribution in [2.24, 2.45) is 0 Å². The quantitative estimate of drug-likeness (QED) is 0.215. The highest BCUT2D eigenvalue weighted by molar-refractivity contribution is 7.99. The summed E-state index contributed by atoms with van der Waals surface area (Å²) in [6.45, 7) is 8.15. The number of rotatable bonds is 9. The molecule has 0 aliphatic rings. The van der Waals surface area contributed by atoms with E-state index in [4.69, 9.17) is 4.74 Å². The van der Waals surface area contributed by atoms with Gasteiger partial charge in [-0.1, -0.05) is 42.1 Å². The molecule has 0 saturated carbocycles. The highest BCUT2D eigenvalue weighted by atomic mass is 32.2. The zero-order valence-electron chi connectivity index (χ0n) is 17.7. The molecular weight excluding hydrogens is 426 g/mol. The first-order valence-electron chi connectivity index (χ1n) is 9.83. The molecule has 0 radical (unpaired) electrons. The van der Waals surface area contributed by atoms with Gasteiger partial charge in [-0.05, 0) is 30.3 Å². The van der Waals surface area contributed by atoms with E-state index in [0.29, 0.717) is 40.4 Å². The minimum atomic E-state index is -0.519. The lowest BCUT2D eigenvalue weighted by Gasteiger charge is -2.19. The van der Waals surface area contributed by atoms with Crippen molar-refractivity contribution in [3.63, 3.8) is 0 Å². The monoisotopic (exact) mass is 449 g/mol. The maximum Gasteiger partial charge on any atom is 0.337 e. The summed E-state index contributed by atoms with van der Waals surface area (Å²) in [7, 11) is 1.29. The molecule has 164 valence electrons. The highest BCUT2D eigenvalue weighted by Crippen LogP contribution is 2.22. The second-order valence-electron chi connectivity index (χ2n) is 6.76. The maximum absolute atomic E-state index is 13.4. The first kappa shape index (κ1) is 23.0. The minimum absolute atomic E-state index is 0.0726. The van der Waals surface area contributed by atoms with Crippen LogP contribution >= 0.6 is 11.8 Å². The number of carbonyl (C=O) groups excluding carboxylic acids is 2. The smallest absolute Gasteiger partial charge is 0.337 e. The van der Waals surface area contributed by atoms with Gasteiger partial charge in [-0.2, -0.15) is 0 Å². The van der Waals surface area contributed by atoms with Crippen molar-refractivity contribution in [2.45, 2.75) is 5.16 Å². The van der Waals surface area contributed by atoms with Gasteiger partial charge in [0.2, 0.25) is 5.91 Å². The number of carbonyl (C=O) groups is 2. The van der Waals surface area contributed by atoms with Gasteiger partial charge < -0.3 is 9.64 Å². The van der Waals surface area contributed by atoms with E-state index in [0.717, 1.165) is 11.8 Å². The third-order valence-corrected chi connectivity index (χ3v) is 5.57. The van der Waals surface area contributed by atoms with Crippen LogP contribution in [0.2, 0.25) is 0 Å². The Morgan fingerprint density at radius 3 is 2.44 bits per heavy atom. The number of esters is 1. The van der Waals surface area contributed by atoms with Crippen LogP contribution in [0.5, 0.6) is 0 Å². The van der Waals surface area contributed by atoms with Crippen molar-refractivity contribution in [1.82, 2.24) is 14.5 Å². The van der Waals surface area contributed by atoms with E-state index in [1.807, 2.05) is 18.2 Å². The summed E-state index contributed by atoms with van der Waals surface area (Å²) in [5, 5.41) is 0.707. The summed E-state index contributed by atoms with van der Waals surface area (Å²) in [5.74, 6) is -0.578. The topological polar surface area (TPSA) is 81.5 Å². The summed E-state index contributed by atoms with van der Waals surface area (Å²) < 4.78 is 6.24. The van der Waals surface area contributed by atoms with E-state index < -0.39 is 5.97 Å².